The SMILES string of the molecule is Cn1cc(CC(O)c2cc(F)ccc2Br)nn1. The lowest BCUT2D eigenvalue weighted by Gasteiger charge is -2.11. The molecule has 0 aliphatic heterocycles. The average Bonchev–Trinajstić information content (AvgIpc) is 2.67. The second-order valence-corrected chi connectivity index (χ2v) is 4.62. The second-order valence-electron chi connectivity index (χ2n) is 3.77. The predicted molar refractivity (Wildman–Crippen MR) is 63.8 cm³/mol. The Balaban J connectivity index is 2.19. The number of benzene rings is 1. The molecule has 1 aromatic heterocycles. The van der Waals surface area contributed by atoms with Crippen molar-refractivity contribution < 1.29 is 9.50 Å². The van der Waals surface area contributed by atoms with E-state index in [9.17, 15) is 9.50 Å². The molecule has 6 heteroatoms. The molecule has 0 bridgehead atoms. The fourth-order valence-corrected chi connectivity index (χ4v) is 2.08. The Kier molecular flexibility index (Phi) is 3.54. The maximum Gasteiger partial charge on any atom is 0.123 e. The summed E-state index contributed by atoms with van der Waals surface area (Å²) in [5.41, 5.74) is 1.17. The minimum atomic E-state index is -0.809. The third-order valence-electron chi connectivity index (χ3n) is 2.37. The summed E-state index contributed by atoms with van der Waals surface area (Å²) in [7, 11) is 1.75. The predicted octanol–water partition coefficient (Wildman–Crippen LogP) is 1.99. The van der Waals surface area contributed by atoms with Gasteiger partial charge in [-0.05, 0) is 23.8 Å². The van der Waals surface area contributed by atoms with E-state index in [-0.39, 0.29) is 5.82 Å². The zero-order chi connectivity index (χ0) is 12.4. The summed E-state index contributed by atoms with van der Waals surface area (Å²) in [5.74, 6) is -0.374. The van der Waals surface area contributed by atoms with Crippen LogP contribution in [0.4, 0.5) is 4.39 Å². The molecule has 4 nitrogen and oxygen atoms in total. The van der Waals surface area contributed by atoms with Crippen molar-refractivity contribution in [3.8, 4) is 0 Å². The molecule has 0 amide bonds. The van der Waals surface area contributed by atoms with Gasteiger partial charge in [0.1, 0.15) is 5.82 Å². The molecule has 0 saturated carbocycles. The van der Waals surface area contributed by atoms with Crippen LogP contribution in [0, 0.1) is 5.82 Å². The van der Waals surface area contributed by atoms with E-state index in [2.05, 4.69) is 26.2 Å². The van der Waals surface area contributed by atoms with Crippen LogP contribution in [0.3, 0.4) is 0 Å². The number of hydrogen-bond acceptors (Lipinski definition) is 3. The van der Waals surface area contributed by atoms with Gasteiger partial charge in [-0.1, -0.05) is 21.1 Å². The highest BCUT2D eigenvalue weighted by atomic mass is 79.9. The Morgan fingerprint density at radius 2 is 2.29 bits per heavy atom. The summed E-state index contributed by atoms with van der Waals surface area (Å²) in [6.45, 7) is 0. The molecule has 1 unspecified atom stereocenters. The Hall–Kier alpha value is -1.27. The minimum Gasteiger partial charge on any atom is -0.388 e. The van der Waals surface area contributed by atoms with Crippen molar-refractivity contribution in [2.24, 2.45) is 7.05 Å². The van der Waals surface area contributed by atoms with Crippen molar-refractivity contribution in [3.05, 3.63) is 45.9 Å². The second kappa shape index (κ2) is 4.93. The van der Waals surface area contributed by atoms with Gasteiger partial charge in [0, 0.05) is 24.1 Å². The minimum absolute atomic E-state index is 0.301. The van der Waals surface area contributed by atoms with Gasteiger partial charge in [0.05, 0.1) is 11.8 Å². The van der Waals surface area contributed by atoms with Gasteiger partial charge in [0.15, 0.2) is 0 Å². The molecule has 90 valence electrons. The fourth-order valence-electron chi connectivity index (χ4n) is 1.57. The molecular formula is C11H11BrFN3O. The van der Waals surface area contributed by atoms with Gasteiger partial charge in [-0.25, -0.2) is 4.39 Å². The first-order valence-electron chi connectivity index (χ1n) is 5.04. The molecule has 0 fully saturated rings. The molecule has 1 N–H and O–H groups in total. The van der Waals surface area contributed by atoms with E-state index in [0.29, 0.717) is 22.2 Å². The molecule has 1 aromatic carbocycles. The monoisotopic (exact) mass is 299 g/mol. The van der Waals surface area contributed by atoms with Crippen molar-refractivity contribution in [1.29, 1.82) is 0 Å². The number of hydrogen-bond donors (Lipinski definition) is 1. The van der Waals surface area contributed by atoms with E-state index in [4.69, 9.17) is 0 Å². The standard InChI is InChI=1S/C11H11BrFN3O/c1-16-6-8(14-15-16)5-11(17)9-4-7(13)2-3-10(9)12/h2-4,6,11,17H,5H2,1H3. The largest absolute Gasteiger partial charge is 0.388 e. The van der Waals surface area contributed by atoms with Crippen molar-refractivity contribution in [2.75, 3.05) is 0 Å². The van der Waals surface area contributed by atoms with E-state index in [1.54, 1.807) is 24.0 Å². The first-order valence-corrected chi connectivity index (χ1v) is 5.84. The van der Waals surface area contributed by atoms with Gasteiger partial charge in [-0.2, -0.15) is 0 Å². The number of aliphatic hydroxyl groups is 1. The van der Waals surface area contributed by atoms with Crippen LogP contribution in [-0.2, 0) is 13.5 Å². The number of aromatic nitrogens is 3. The van der Waals surface area contributed by atoms with Gasteiger partial charge >= 0.3 is 0 Å². The molecule has 0 aliphatic carbocycles. The van der Waals surface area contributed by atoms with Crippen LogP contribution in [-0.4, -0.2) is 20.1 Å². The number of halogens is 2. The van der Waals surface area contributed by atoms with E-state index in [0.717, 1.165) is 0 Å². The Morgan fingerprint density at radius 1 is 1.53 bits per heavy atom. The Labute approximate surface area is 106 Å². The van der Waals surface area contributed by atoms with E-state index >= 15 is 0 Å². The van der Waals surface area contributed by atoms with Gasteiger partial charge in [-0.15, -0.1) is 5.10 Å². The normalized spacial score (nSPS) is 12.7. The lowest BCUT2D eigenvalue weighted by atomic mass is 10.1. The zero-order valence-electron chi connectivity index (χ0n) is 9.14. The molecule has 0 spiro atoms. The third kappa shape index (κ3) is 2.89. The van der Waals surface area contributed by atoms with E-state index < -0.39 is 6.10 Å². The van der Waals surface area contributed by atoms with Crippen molar-refractivity contribution >= 4 is 15.9 Å². The van der Waals surface area contributed by atoms with E-state index in [1.807, 2.05) is 0 Å². The molecule has 0 radical (unpaired) electrons. The van der Waals surface area contributed by atoms with Crippen LogP contribution in [0.2, 0.25) is 0 Å². The van der Waals surface area contributed by atoms with Crippen LogP contribution in [0.5, 0.6) is 0 Å². The maximum atomic E-state index is 13.1. The van der Waals surface area contributed by atoms with Crippen molar-refractivity contribution in [2.45, 2.75) is 12.5 Å². The Morgan fingerprint density at radius 3 is 2.94 bits per heavy atom. The highest BCUT2D eigenvalue weighted by molar-refractivity contribution is 9.10. The number of nitrogens with zero attached hydrogens (tertiary/aromatic N) is 3. The van der Waals surface area contributed by atoms with Gasteiger partial charge in [0.2, 0.25) is 0 Å². The zero-order valence-corrected chi connectivity index (χ0v) is 10.7. The first kappa shape index (κ1) is 12.2. The molecular weight excluding hydrogens is 289 g/mol. The summed E-state index contributed by atoms with van der Waals surface area (Å²) in [6, 6.07) is 4.22. The van der Waals surface area contributed by atoms with Crippen molar-refractivity contribution in [1.82, 2.24) is 15.0 Å². The summed E-state index contributed by atoms with van der Waals surface area (Å²) < 4.78 is 15.3. The molecule has 17 heavy (non-hydrogen) atoms. The van der Waals surface area contributed by atoms with Crippen LogP contribution in [0.25, 0.3) is 0 Å². The molecule has 1 atom stereocenters. The first-order chi connectivity index (χ1) is 8.06. The van der Waals surface area contributed by atoms with Gasteiger partial charge in [-0.3, -0.25) is 4.68 Å². The Bertz CT molecular complexity index is 529. The highest BCUT2D eigenvalue weighted by Crippen LogP contribution is 2.26. The topological polar surface area (TPSA) is 50.9 Å². The van der Waals surface area contributed by atoms with Gasteiger partial charge in [0.25, 0.3) is 0 Å². The third-order valence-corrected chi connectivity index (χ3v) is 3.09. The van der Waals surface area contributed by atoms with Crippen LogP contribution >= 0.6 is 15.9 Å². The quantitative estimate of drug-likeness (QED) is 0.943. The average molecular weight is 300 g/mol. The molecule has 1 heterocycles. The molecule has 2 aromatic rings. The molecule has 0 saturated heterocycles. The van der Waals surface area contributed by atoms with Gasteiger partial charge < -0.3 is 5.11 Å². The van der Waals surface area contributed by atoms with Crippen LogP contribution < -0.4 is 0 Å². The smallest absolute Gasteiger partial charge is 0.123 e. The summed E-state index contributed by atoms with van der Waals surface area (Å²) in [5, 5.41) is 17.7. The maximum absolute atomic E-state index is 13.1. The van der Waals surface area contributed by atoms with Crippen molar-refractivity contribution in [3.63, 3.8) is 0 Å². The summed E-state index contributed by atoms with van der Waals surface area (Å²) in [6.07, 6.45) is 1.21. The number of aryl methyl sites for hydroxylation is 1. The van der Waals surface area contributed by atoms with E-state index in [1.165, 1.54) is 12.1 Å². The van der Waals surface area contributed by atoms with Crippen LogP contribution in [0.15, 0.2) is 28.9 Å². The highest BCUT2D eigenvalue weighted by Gasteiger charge is 2.14. The fraction of sp³-hybridized carbons (Fsp3) is 0.273. The van der Waals surface area contributed by atoms with Crippen LogP contribution in [0.1, 0.15) is 17.4 Å². The number of rotatable bonds is 3. The summed E-state index contributed by atoms with van der Waals surface area (Å²) in [4.78, 5) is 0. The lowest BCUT2D eigenvalue weighted by Crippen LogP contribution is -2.03. The molecule has 0 aliphatic rings. The molecule has 2 rings (SSSR count). The number of aliphatic hydroxyl groups excluding tert-OH is 1. The lowest BCUT2D eigenvalue weighted by molar-refractivity contribution is 0.176. The summed E-state index contributed by atoms with van der Waals surface area (Å²) >= 11 is 3.28.